The van der Waals surface area contributed by atoms with Crippen LogP contribution in [-0.4, -0.2) is 23.4 Å². The number of nitrogens with zero attached hydrogens (tertiary/aromatic N) is 1. The molecule has 1 aromatic heterocycles. The van der Waals surface area contributed by atoms with Crippen molar-refractivity contribution < 1.29 is 9.47 Å². The minimum Gasteiger partial charge on any atom is -0.486 e. The highest BCUT2D eigenvalue weighted by Gasteiger charge is 2.14. The molecule has 0 unspecified atom stereocenters. The average Bonchev–Trinajstić information content (AvgIpc) is 2.89. The first-order valence-electron chi connectivity index (χ1n) is 6.86. The Morgan fingerprint density at radius 3 is 2.85 bits per heavy atom. The third-order valence-electron chi connectivity index (χ3n) is 3.60. The lowest BCUT2D eigenvalue weighted by atomic mass is 10.1. The lowest BCUT2D eigenvalue weighted by Crippen LogP contribution is -2.19. The fourth-order valence-corrected chi connectivity index (χ4v) is 2.26. The molecule has 5 heteroatoms. The Bertz CT molecular complexity index is 595. The Labute approximate surface area is 118 Å². The van der Waals surface area contributed by atoms with Crippen molar-refractivity contribution in [3.63, 3.8) is 0 Å². The first-order valence-corrected chi connectivity index (χ1v) is 6.86. The summed E-state index contributed by atoms with van der Waals surface area (Å²) in [6.07, 6.45) is 1.86. The van der Waals surface area contributed by atoms with Crippen molar-refractivity contribution >= 4 is 0 Å². The van der Waals surface area contributed by atoms with Gasteiger partial charge in [0.2, 0.25) is 0 Å². The SMILES string of the molecule is Cc1[nH]ncc1CN[C@@H](C)c1ccc2c(c1)OCCO2. The number of rotatable bonds is 4. The van der Waals surface area contributed by atoms with Crippen LogP contribution in [0.2, 0.25) is 0 Å². The van der Waals surface area contributed by atoms with E-state index in [0.717, 1.165) is 23.7 Å². The molecule has 0 spiro atoms. The van der Waals surface area contributed by atoms with Crippen LogP contribution in [-0.2, 0) is 6.54 Å². The number of hydrogen-bond donors (Lipinski definition) is 2. The summed E-state index contributed by atoms with van der Waals surface area (Å²) in [7, 11) is 0. The molecule has 1 aliphatic heterocycles. The van der Waals surface area contributed by atoms with E-state index in [9.17, 15) is 0 Å². The van der Waals surface area contributed by atoms with Crippen molar-refractivity contribution in [2.24, 2.45) is 0 Å². The third-order valence-corrected chi connectivity index (χ3v) is 3.60. The smallest absolute Gasteiger partial charge is 0.161 e. The average molecular weight is 273 g/mol. The van der Waals surface area contributed by atoms with Crippen molar-refractivity contribution in [3.8, 4) is 11.5 Å². The van der Waals surface area contributed by atoms with Gasteiger partial charge in [-0.3, -0.25) is 5.10 Å². The van der Waals surface area contributed by atoms with E-state index >= 15 is 0 Å². The molecule has 3 rings (SSSR count). The molecule has 0 bridgehead atoms. The van der Waals surface area contributed by atoms with Crippen molar-refractivity contribution in [1.82, 2.24) is 15.5 Å². The number of H-pyrrole nitrogens is 1. The van der Waals surface area contributed by atoms with Crippen molar-refractivity contribution in [2.75, 3.05) is 13.2 Å². The van der Waals surface area contributed by atoms with E-state index in [2.05, 4.69) is 28.5 Å². The van der Waals surface area contributed by atoms with Gasteiger partial charge in [0.25, 0.3) is 0 Å². The molecule has 2 aromatic rings. The Morgan fingerprint density at radius 1 is 1.30 bits per heavy atom. The molecule has 0 radical (unpaired) electrons. The summed E-state index contributed by atoms with van der Waals surface area (Å²) in [6, 6.07) is 6.34. The summed E-state index contributed by atoms with van der Waals surface area (Å²) in [6.45, 7) is 6.20. The molecular formula is C15H19N3O2. The summed E-state index contributed by atoms with van der Waals surface area (Å²) in [4.78, 5) is 0. The fourth-order valence-electron chi connectivity index (χ4n) is 2.26. The van der Waals surface area contributed by atoms with E-state index in [1.54, 1.807) is 0 Å². The Balaban J connectivity index is 1.67. The molecule has 5 nitrogen and oxygen atoms in total. The van der Waals surface area contributed by atoms with E-state index < -0.39 is 0 Å². The number of aromatic nitrogens is 2. The zero-order valence-corrected chi connectivity index (χ0v) is 11.8. The maximum atomic E-state index is 5.62. The number of aryl methyl sites for hydroxylation is 1. The standard InChI is InChI=1S/C15H19N3O2/c1-10(16-8-13-9-17-18-11(13)2)12-3-4-14-15(7-12)20-6-5-19-14/h3-4,7,9-10,16H,5-6,8H2,1-2H3,(H,17,18)/t10-/m0/s1. The van der Waals surface area contributed by atoms with Crippen molar-refractivity contribution in [3.05, 3.63) is 41.2 Å². The minimum atomic E-state index is 0.236. The summed E-state index contributed by atoms with van der Waals surface area (Å²) < 4.78 is 11.2. The molecule has 106 valence electrons. The third kappa shape index (κ3) is 2.63. The highest BCUT2D eigenvalue weighted by atomic mass is 16.6. The molecule has 0 amide bonds. The van der Waals surface area contributed by atoms with Crippen LogP contribution in [0.4, 0.5) is 0 Å². The molecule has 20 heavy (non-hydrogen) atoms. The van der Waals surface area contributed by atoms with Crippen LogP contribution in [0.1, 0.15) is 29.8 Å². The number of benzene rings is 1. The number of fused-ring (bicyclic) bond motifs is 1. The van der Waals surface area contributed by atoms with Crippen molar-refractivity contribution in [1.29, 1.82) is 0 Å². The Kier molecular flexibility index (Phi) is 3.60. The fraction of sp³-hybridized carbons (Fsp3) is 0.400. The molecule has 1 atom stereocenters. The Hall–Kier alpha value is -2.01. The number of nitrogens with one attached hydrogen (secondary N) is 2. The molecule has 1 aromatic carbocycles. The van der Waals surface area contributed by atoms with Crippen LogP contribution < -0.4 is 14.8 Å². The highest BCUT2D eigenvalue weighted by Crippen LogP contribution is 2.32. The zero-order chi connectivity index (χ0) is 13.9. The predicted octanol–water partition coefficient (Wildman–Crippen LogP) is 2.34. The minimum absolute atomic E-state index is 0.236. The van der Waals surface area contributed by atoms with Crippen LogP contribution in [0.15, 0.2) is 24.4 Å². The van der Waals surface area contributed by atoms with Gasteiger partial charge < -0.3 is 14.8 Å². The maximum absolute atomic E-state index is 5.62. The highest BCUT2D eigenvalue weighted by molar-refractivity contribution is 5.44. The van der Waals surface area contributed by atoms with Gasteiger partial charge in [-0.2, -0.15) is 5.10 Å². The van der Waals surface area contributed by atoms with Gasteiger partial charge in [0, 0.05) is 23.8 Å². The summed E-state index contributed by atoms with van der Waals surface area (Å²) in [5.41, 5.74) is 3.48. The molecule has 2 heterocycles. The second-order valence-corrected chi connectivity index (χ2v) is 5.03. The molecule has 0 saturated heterocycles. The quantitative estimate of drug-likeness (QED) is 0.897. The summed E-state index contributed by atoms with van der Waals surface area (Å²) in [5, 5.41) is 10.5. The first-order chi connectivity index (χ1) is 9.74. The van der Waals surface area contributed by atoms with Gasteiger partial charge in [0.05, 0.1) is 6.20 Å². The van der Waals surface area contributed by atoms with Gasteiger partial charge in [0.15, 0.2) is 11.5 Å². The zero-order valence-electron chi connectivity index (χ0n) is 11.8. The van der Waals surface area contributed by atoms with Gasteiger partial charge in [0.1, 0.15) is 13.2 Å². The van der Waals surface area contributed by atoms with Gasteiger partial charge in [-0.05, 0) is 31.5 Å². The van der Waals surface area contributed by atoms with Crippen LogP contribution in [0.25, 0.3) is 0 Å². The molecule has 2 N–H and O–H groups in total. The van der Waals surface area contributed by atoms with E-state index in [4.69, 9.17) is 9.47 Å². The van der Waals surface area contributed by atoms with Crippen molar-refractivity contribution in [2.45, 2.75) is 26.4 Å². The molecule has 0 aliphatic carbocycles. The van der Waals surface area contributed by atoms with Gasteiger partial charge in [-0.1, -0.05) is 6.07 Å². The maximum Gasteiger partial charge on any atom is 0.161 e. The van der Waals surface area contributed by atoms with Gasteiger partial charge >= 0.3 is 0 Å². The number of hydrogen-bond acceptors (Lipinski definition) is 4. The van der Waals surface area contributed by atoms with Gasteiger partial charge in [-0.25, -0.2) is 0 Å². The second-order valence-electron chi connectivity index (χ2n) is 5.03. The van der Waals surface area contributed by atoms with Crippen LogP contribution in [0.3, 0.4) is 0 Å². The van der Waals surface area contributed by atoms with Crippen LogP contribution in [0, 0.1) is 6.92 Å². The largest absolute Gasteiger partial charge is 0.486 e. The van der Waals surface area contributed by atoms with Crippen LogP contribution in [0.5, 0.6) is 11.5 Å². The lowest BCUT2D eigenvalue weighted by Gasteiger charge is -2.21. The number of aromatic amines is 1. The monoisotopic (exact) mass is 273 g/mol. The van der Waals surface area contributed by atoms with Crippen LogP contribution >= 0.6 is 0 Å². The lowest BCUT2D eigenvalue weighted by molar-refractivity contribution is 0.171. The normalized spacial score (nSPS) is 15.1. The first kappa shape index (κ1) is 13.0. The molecule has 1 aliphatic rings. The molecule has 0 fully saturated rings. The molecular weight excluding hydrogens is 254 g/mol. The topological polar surface area (TPSA) is 59.2 Å². The van der Waals surface area contributed by atoms with Gasteiger partial charge in [-0.15, -0.1) is 0 Å². The second kappa shape index (κ2) is 5.54. The summed E-state index contributed by atoms with van der Waals surface area (Å²) >= 11 is 0. The van der Waals surface area contributed by atoms with E-state index in [0.29, 0.717) is 13.2 Å². The molecule has 0 saturated carbocycles. The Morgan fingerprint density at radius 2 is 2.10 bits per heavy atom. The summed E-state index contributed by atoms with van der Waals surface area (Å²) in [5.74, 6) is 1.67. The van der Waals surface area contributed by atoms with E-state index in [1.807, 2.05) is 25.3 Å². The van der Waals surface area contributed by atoms with E-state index in [-0.39, 0.29) is 6.04 Å². The predicted molar refractivity (Wildman–Crippen MR) is 76.0 cm³/mol. The van der Waals surface area contributed by atoms with E-state index in [1.165, 1.54) is 11.1 Å². The number of ether oxygens (including phenoxy) is 2.